The monoisotopic (exact) mass is 487 g/mol. The van der Waals surface area contributed by atoms with Crippen LogP contribution in [0.1, 0.15) is 25.6 Å². The smallest absolute Gasteiger partial charge is 0.407 e. The zero-order valence-corrected chi connectivity index (χ0v) is 20.9. The second-order valence-electron chi connectivity index (χ2n) is 9.03. The van der Waals surface area contributed by atoms with Crippen LogP contribution in [-0.2, 0) is 17.8 Å². The van der Waals surface area contributed by atoms with Gasteiger partial charge in [-0.15, -0.1) is 11.3 Å². The van der Waals surface area contributed by atoms with E-state index in [0.717, 1.165) is 25.7 Å². The Morgan fingerprint density at radius 2 is 2.03 bits per heavy atom. The summed E-state index contributed by atoms with van der Waals surface area (Å²) in [4.78, 5) is 28.7. The predicted octanol–water partition coefficient (Wildman–Crippen LogP) is 4.27. The number of thiophene rings is 1. The minimum absolute atomic E-state index is 0.0782. The summed E-state index contributed by atoms with van der Waals surface area (Å²) in [5.74, 6) is 0. The summed E-state index contributed by atoms with van der Waals surface area (Å²) in [7, 11) is 4.00. The molecule has 0 spiro atoms. The average Bonchev–Trinajstić information content (AvgIpc) is 3.37. The fourth-order valence-corrected chi connectivity index (χ4v) is 4.14. The molecule has 3 rings (SSSR count). The van der Waals surface area contributed by atoms with Crippen LogP contribution in [0.2, 0.25) is 0 Å². The molecule has 0 unspecified atom stereocenters. The van der Waals surface area contributed by atoms with Crippen molar-refractivity contribution < 1.29 is 13.9 Å². The molecule has 182 valence electrons. The van der Waals surface area contributed by atoms with Crippen molar-refractivity contribution in [1.29, 1.82) is 0 Å². The number of carbonyl (C=O) groups excluding carboxylic acids is 1. The van der Waals surface area contributed by atoms with Crippen LogP contribution < -0.4 is 15.9 Å². The molecule has 0 aliphatic rings. The molecule has 1 N–H and O–H groups in total. The molecule has 34 heavy (non-hydrogen) atoms. The van der Waals surface area contributed by atoms with Crippen LogP contribution in [0.5, 0.6) is 0 Å². The van der Waals surface area contributed by atoms with Crippen LogP contribution in [0.15, 0.2) is 59.4 Å². The minimum atomic E-state index is -0.658. The number of hydrogen-bond acceptors (Lipinski definition) is 6. The fraction of sp³-hybridized carbons (Fsp3) is 0.375. The Labute approximate surface area is 202 Å². The van der Waals surface area contributed by atoms with Gasteiger partial charge in [-0.3, -0.25) is 4.57 Å². The van der Waals surface area contributed by atoms with Gasteiger partial charge in [0, 0.05) is 36.1 Å². The van der Waals surface area contributed by atoms with Crippen molar-refractivity contribution in [2.45, 2.75) is 39.5 Å². The number of alkyl carbamates (subject to hydrolysis) is 1. The van der Waals surface area contributed by atoms with E-state index in [-0.39, 0.29) is 24.4 Å². The number of carbonyl (C=O) groups is 1. The number of anilines is 1. The summed E-state index contributed by atoms with van der Waals surface area (Å²) in [6.07, 6.45) is 1.15. The molecule has 0 aliphatic heterocycles. The van der Waals surface area contributed by atoms with Gasteiger partial charge in [0.25, 0.3) is 0 Å². The maximum Gasteiger partial charge on any atom is 0.407 e. The molecule has 2 heterocycles. The molecule has 0 bridgehead atoms. The van der Waals surface area contributed by atoms with Crippen LogP contribution in [0.25, 0.3) is 10.4 Å². The zero-order valence-electron chi connectivity index (χ0n) is 20.0. The lowest BCUT2D eigenvalue weighted by Crippen LogP contribution is -2.34. The molecular weight excluding hydrogens is 457 g/mol. The van der Waals surface area contributed by atoms with Crippen LogP contribution in [-0.4, -0.2) is 46.7 Å². The van der Waals surface area contributed by atoms with E-state index in [0.29, 0.717) is 12.9 Å². The largest absolute Gasteiger partial charge is 0.444 e. The van der Waals surface area contributed by atoms with Gasteiger partial charge in [0.15, 0.2) is 0 Å². The highest BCUT2D eigenvalue weighted by Gasteiger charge is 2.17. The Morgan fingerprint density at radius 1 is 1.26 bits per heavy atom. The molecule has 0 saturated heterocycles. The van der Waals surface area contributed by atoms with Crippen molar-refractivity contribution in [3.63, 3.8) is 0 Å². The molecule has 0 aliphatic carbocycles. The third kappa shape index (κ3) is 6.80. The Kier molecular flexibility index (Phi) is 7.93. The first-order valence-corrected chi connectivity index (χ1v) is 11.6. The molecule has 0 saturated carbocycles. The van der Waals surface area contributed by atoms with Crippen molar-refractivity contribution in [2.24, 2.45) is 0 Å². The number of nitrogens with one attached hydrogen (secondary N) is 1. The van der Waals surface area contributed by atoms with E-state index < -0.39 is 11.7 Å². The highest BCUT2D eigenvalue weighted by molar-refractivity contribution is 7.15. The van der Waals surface area contributed by atoms with Crippen molar-refractivity contribution in [1.82, 2.24) is 19.7 Å². The Hall–Kier alpha value is -3.40. The quantitative estimate of drug-likeness (QED) is 0.513. The van der Waals surface area contributed by atoms with Crippen LogP contribution in [0.4, 0.5) is 14.9 Å². The number of rotatable bonds is 8. The maximum absolute atomic E-state index is 13.4. The number of benzene rings is 1. The van der Waals surface area contributed by atoms with Gasteiger partial charge in [0.1, 0.15) is 11.9 Å². The summed E-state index contributed by atoms with van der Waals surface area (Å²) in [6.45, 7) is 5.41. The lowest BCUT2D eigenvalue weighted by molar-refractivity contribution is 0.0532. The van der Waals surface area contributed by atoms with Crippen LogP contribution in [0, 0.1) is 0 Å². The molecule has 0 fully saturated rings. The SMILES string of the molecule is CN(C)c1cccc(-c2ccc(Cn3cnn(C/C(=C/F)CNC(=O)OC(C)(C)C)c3=O)s2)c1. The highest BCUT2D eigenvalue weighted by Crippen LogP contribution is 2.30. The molecule has 1 amide bonds. The number of amides is 1. The first kappa shape index (κ1) is 25.2. The third-order valence-corrected chi connectivity index (χ3v) is 5.92. The second-order valence-corrected chi connectivity index (χ2v) is 10.2. The molecule has 0 radical (unpaired) electrons. The van der Waals surface area contributed by atoms with E-state index in [4.69, 9.17) is 4.74 Å². The lowest BCUT2D eigenvalue weighted by Gasteiger charge is -2.19. The van der Waals surface area contributed by atoms with E-state index in [1.54, 1.807) is 32.1 Å². The van der Waals surface area contributed by atoms with Crippen molar-refractivity contribution in [3.8, 4) is 10.4 Å². The summed E-state index contributed by atoms with van der Waals surface area (Å²) in [5.41, 5.74) is 1.40. The molecule has 10 heteroatoms. The predicted molar refractivity (Wildman–Crippen MR) is 133 cm³/mol. The third-order valence-electron chi connectivity index (χ3n) is 4.80. The van der Waals surface area contributed by atoms with E-state index in [1.807, 2.05) is 32.3 Å². The fourth-order valence-electron chi connectivity index (χ4n) is 3.13. The number of ether oxygens (including phenoxy) is 1. The zero-order chi connectivity index (χ0) is 24.9. The van der Waals surface area contributed by atoms with Crippen molar-refractivity contribution >= 4 is 23.1 Å². The first-order chi connectivity index (χ1) is 16.1. The maximum atomic E-state index is 13.4. The van der Waals surface area contributed by atoms with E-state index in [1.165, 1.54) is 10.9 Å². The minimum Gasteiger partial charge on any atom is -0.444 e. The summed E-state index contributed by atoms with van der Waals surface area (Å²) >= 11 is 1.61. The summed E-state index contributed by atoms with van der Waals surface area (Å²) in [6, 6.07) is 12.3. The number of halogens is 1. The Bertz CT molecular complexity index is 1220. The van der Waals surface area contributed by atoms with Gasteiger partial charge in [-0.25, -0.2) is 18.7 Å². The molecule has 0 atom stereocenters. The molecule has 8 nitrogen and oxygen atoms in total. The number of nitrogens with zero attached hydrogens (tertiary/aromatic N) is 4. The topological polar surface area (TPSA) is 81.4 Å². The van der Waals surface area contributed by atoms with E-state index in [2.05, 4.69) is 33.5 Å². The lowest BCUT2D eigenvalue weighted by atomic mass is 10.1. The molecule has 2 aromatic heterocycles. The second kappa shape index (κ2) is 10.7. The Morgan fingerprint density at radius 3 is 2.71 bits per heavy atom. The van der Waals surface area contributed by atoms with Crippen molar-refractivity contribution in [2.75, 3.05) is 25.5 Å². The highest BCUT2D eigenvalue weighted by atomic mass is 32.1. The van der Waals surface area contributed by atoms with Gasteiger partial charge < -0.3 is 15.0 Å². The van der Waals surface area contributed by atoms with Crippen LogP contribution in [0.3, 0.4) is 0 Å². The number of aromatic nitrogens is 3. The number of hydrogen-bond donors (Lipinski definition) is 1. The first-order valence-electron chi connectivity index (χ1n) is 10.8. The van der Waals surface area contributed by atoms with Crippen LogP contribution >= 0.6 is 11.3 Å². The van der Waals surface area contributed by atoms with Crippen molar-refractivity contribution in [3.05, 3.63) is 70.0 Å². The van der Waals surface area contributed by atoms with Gasteiger partial charge in [-0.05, 0) is 56.2 Å². The van der Waals surface area contributed by atoms with Gasteiger partial charge in [-0.2, -0.15) is 5.10 Å². The molecule has 3 aromatic rings. The van der Waals surface area contributed by atoms with E-state index >= 15 is 0 Å². The van der Waals surface area contributed by atoms with E-state index in [9.17, 15) is 14.0 Å². The summed E-state index contributed by atoms with van der Waals surface area (Å²) in [5, 5.41) is 6.58. The molecular formula is C24H30FN5O3S. The van der Waals surface area contributed by atoms with Gasteiger partial charge in [-0.1, -0.05) is 12.1 Å². The average molecular weight is 488 g/mol. The van der Waals surface area contributed by atoms with Gasteiger partial charge in [0.2, 0.25) is 0 Å². The normalized spacial score (nSPS) is 12.0. The molecule has 1 aromatic carbocycles. The van der Waals surface area contributed by atoms with Gasteiger partial charge in [0.05, 0.1) is 19.4 Å². The summed E-state index contributed by atoms with van der Waals surface area (Å²) < 4.78 is 21.1. The van der Waals surface area contributed by atoms with Gasteiger partial charge >= 0.3 is 11.8 Å². The standard InChI is InChI=1S/C24H30FN5O3S/c1-24(2,3)33-22(31)26-13-17(12-25)14-30-23(32)29(16-27-30)15-20-9-10-21(34-20)18-7-6-8-19(11-18)28(4)5/h6-12,16H,13-15H2,1-5H3,(H,26,31)/b17-12+. The Balaban J connectivity index is 1.64.